The molecule has 1 rings (SSSR count). The predicted molar refractivity (Wildman–Crippen MR) is 71.0 cm³/mol. The third-order valence-corrected chi connectivity index (χ3v) is 2.79. The van der Waals surface area contributed by atoms with E-state index in [1.165, 1.54) is 5.56 Å². The van der Waals surface area contributed by atoms with E-state index in [4.69, 9.17) is 5.73 Å². The van der Waals surface area contributed by atoms with Gasteiger partial charge in [-0.3, -0.25) is 4.79 Å². The van der Waals surface area contributed by atoms with Gasteiger partial charge in [-0.2, -0.15) is 0 Å². The van der Waals surface area contributed by atoms with Crippen molar-refractivity contribution in [3.63, 3.8) is 0 Å². The van der Waals surface area contributed by atoms with Crippen molar-refractivity contribution in [1.29, 1.82) is 0 Å². The molecular weight excluding hydrogens is 248 g/mol. The summed E-state index contributed by atoms with van der Waals surface area (Å²) in [5, 5.41) is 0. The Labute approximate surface area is 115 Å². The molecule has 0 saturated carbocycles. The van der Waals surface area contributed by atoms with Crippen molar-refractivity contribution in [3.05, 3.63) is 42.0 Å². The van der Waals surface area contributed by atoms with Gasteiger partial charge >= 0.3 is 0 Å². The Bertz CT molecular complexity index is 399. The lowest BCUT2D eigenvalue weighted by Gasteiger charge is -2.29. The third kappa shape index (κ3) is 5.84. The van der Waals surface area contributed by atoms with Gasteiger partial charge in [0.1, 0.15) is 6.54 Å². The summed E-state index contributed by atoms with van der Waals surface area (Å²) in [6.07, 6.45) is 2.26. The molecular formula is C14H21ClN2O. The normalized spacial score (nSPS) is 10.6. The summed E-state index contributed by atoms with van der Waals surface area (Å²) in [7, 11) is 4.20. The predicted octanol–water partition coefficient (Wildman–Crippen LogP) is -1.21. The zero-order valence-corrected chi connectivity index (χ0v) is 11.8. The number of hydrogen-bond donors (Lipinski definition) is 1. The quantitative estimate of drug-likeness (QED) is 0.646. The molecule has 0 aliphatic heterocycles. The average Bonchev–Trinajstić information content (AvgIpc) is 2.27. The van der Waals surface area contributed by atoms with Gasteiger partial charge in [-0.25, -0.2) is 0 Å². The van der Waals surface area contributed by atoms with Gasteiger partial charge in [-0.1, -0.05) is 36.9 Å². The van der Waals surface area contributed by atoms with Crippen molar-refractivity contribution in [3.8, 4) is 0 Å². The summed E-state index contributed by atoms with van der Waals surface area (Å²) in [4.78, 5) is 10.8. The highest BCUT2D eigenvalue weighted by atomic mass is 35.5. The summed E-state index contributed by atoms with van der Waals surface area (Å²) in [6.45, 7) is 5.38. The number of quaternary nitrogens is 1. The van der Waals surface area contributed by atoms with Gasteiger partial charge in [0.05, 0.1) is 27.1 Å². The maximum atomic E-state index is 10.8. The monoisotopic (exact) mass is 268 g/mol. The van der Waals surface area contributed by atoms with E-state index in [-0.39, 0.29) is 18.3 Å². The molecule has 0 atom stereocenters. The van der Waals surface area contributed by atoms with Gasteiger partial charge in [0.2, 0.25) is 5.91 Å². The van der Waals surface area contributed by atoms with Gasteiger partial charge in [0.25, 0.3) is 0 Å². The van der Waals surface area contributed by atoms with Gasteiger partial charge in [0, 0.05) is 5.56 Å². The van der Waals surface area contributed by atoms with E-state index >= 15 is 0 Å². The molecule has 0 saturated heterocycles. The molecule has 18 heavy (non-hydrogen) atoms. The standard InChI is InChI=1S/C14H20N2O.ClH/c1-4-12-5-7-13(8-6-12)11-16(2,3)10-9-14(15)17;/h4-8H,1,9-11H2,2-3H3,(H-,15,17);1H. The first kappa shape index (κ1) is 16.7. The highest BCUT2D eigenvalue weighted by molar-refractivity contribution is 5.73. The number of halogens is 1. The number of primary amides is 1. The molecule has 0 aliphatic carbocycles. The van der Waals surface area contributed by atoms with Crippen LogP contribution in [0.5, 0.6) is 0 Å². The Morgan fingerprint density at radius 3 is 2.33 bits per heavy atom. The van der Waals surface area contributed by atoms with Crippen LogP contribution in [0.4, 0.5) is 0 Å². The van der Waals surface area contributed by atoms with Crippen LogP contribution >= 0.6 is 0 Å². The van der Waals surface area contributed by atoms with E-state index in [2.05, 4.69) is 44.9 Å². The largest absolute Gasteiger partial charge is 1.00 e. The highest BCUT2D eigenvalue weighted by Gasteiger charge is 2.16. The number of nitrogens with zero attached hydrogens (tertiary/aromatic N) is 1. The fourth-order valence-corrected chi connectivity index (χ4v) is 1.75. The van der Waals surface area contributed by atoms with Crippen molar-refractivity contribution in [1.82, 2.24) is 0 Å². The number of hydrogen-bond acceptors (Lipinski definition) is 1. The van der Waals surface area contributed by atoms with E-state index in [1.54, 1.807) is 0 Å². The summed E-state index contributed by atoms with van der Waals surface area (Å²) >= 11 is 0. The second kappa shape index (κ2) is 7.19. The lowest BCUT2D eigenvalue weighted by Crippen LogP contribution is -3.00. The molecule has 0 aliphatic rings. The van der Waals surface area contributed by atoms with Gasteiger partial charge < -0.3 is 22.6 Å². The maximum absolute atomic E-state index is 10.8. The van der Waals surface area contributed by atoms with Crippen molar-refractivity contribution >= 4 is 12.0 Å². The molecule has 1 amide bonds. The molecule has 1 aromatic carbocycles. The van der Waals surface area contributed by atoms with Crippen LogP contribution in [-0.4, -0.2) is 31.0 Å². The Morgan fingerprint density at radius 2 is 1.89 bits per heavy atom. The molecule has 0 heterocycles. The maximum Gasteiger partial charge on any atom is 0.223 e. The topological polar surface area (TPSA) is 43.1 Å². The number of carbonyl (C=O) groups excluding carboxylic acids is 1. The van der Waals surface area contributed by atoms with E-state index in [1.807, 2.05) is 6.08 Å². The van der Waals surface area contributed by atoms with E-state index < -0.39 is 0 Å². The van der Waals surface area contributed by atoms with Crippen molar-refractivity contribution < 1.29 is 21.7 Å². The Hall–Kier alpha value is -1.32. The van der Waals surface area contributed by atoms with Crippen molar-refractivity contribution in [2.24, 2.45) is 5.73 Å². The Kier molecular flexibility index (Phi) is 6.66. The molecule has 3 nitrogen and oxygen atoms in total. The SMILES string of the molecule is C=Cc1ccc(C[N+](C)(C)CCC(N)=O)cc1.[Cl-]. The molecule has 0 fully saturated rings. The van der Waals surface area contributed by atoms with E-state index in [9.17, 15) is 4.79 Å². The van der Waals surface area contributed by atoms with Crippen LogP contribution in [0.1, 0.15) is 17.5 Å². The van der Waals surface area contributed by atoms with Gasteiger partial charge in [0.15, 0.2) is 0 Å². The number of carbonyl (C=O) groups is 1. The van der Waals surface area contributed by atoms with E-state index in [0.29, 0.717) is 6.42 Å². The second-order valence-electron chi connectivity index (χ2n) is 4.98. The van der Waals surface area contributed by atoms with Crippen LogP contribution < -0.4 is 18.1 Å². The fourth-order valence-electron chi connectivity index (χ4n) is 1.75. The first-order valence-electron chi connectivity index (χ1n) is 5.75. The Morgan fingerprint density at radius 1 is 1.33 bits per heavy atom. The lowest BCUT2D eigenvalue weighted by molar-refractivity contribution is -0.903. The zero-order valence-electron chi connectivity index (χ0n) is 11.0. The summed E-state index contributed by atoms with van der Waals surface area (Å²) in [6, 6.07) is 8.30. The third-order valence-electron chi connectivity index (χ3n) is 2.79. The minimum atomic E-state index is -0.238. The fraction of sp³-hybridized carbons (Fsp3) is 0.357. The highest BCUT2D eigenvalue weighted by Crippen LogP contribution is 2.12. The molecule has 1 aromatic rings. The molecule has 0 bridgehead atoms. The molecule has 100 valence electrons. The van der Waals surface area contributed by atoms with Crippen LogP contribution in [0.2, 0.25) is 0 Å². The summed E-state index contributed by atoms with van der Waals surface area (Å²) in [5.41, 5.74) is 7.55. The molecule has 4 heteroatoms. The minimum Gasteiger partial charge on any atom is -1.00 e. The summed E-state index contributed by atoms with van der Waals surface area (Å²) in [5.74, 6) is -0.238. The first-order valence-corrected chi connectivity index (χ1v) is 5.75. The van der Waals surface area contributed by atoms with Crippen molar-refractivity contribution in [2.75, 3.05) is 20.6 Å². The molecule has 2 N–H and O–H groups in total. The Balaban J connectivity index is 0.00000289. The van der Waals surface area contributed by atoms with Crippen LogP contribution in [-0.2, 0) is 11.3 Å². The zero-order chi connectivity index (χ0) is 12.9. The van der Waals surface area contributed by atoms with Gasteiger partial charge in [-0.15, -0.1) is 0 Å². The number of nitrogens with two attached hydrogens (primary N) is 1. The minimum absolute atomic E-state index is 0. The number of benzene rings is 1. The summed E-state index contributed by atoms with van der Waals surface area (Å²) < 4.78 is 0.760. The average molecular weight is 269 g/mol. The first-order chi connectivity index (χ1) is 7.93. The van der Waals surface area contributed by atoms with Crippen LogP contribution in [0.15, 0.2) is 30.8 Å². The van der Waals surface area contributed by atoms with Gasteiger partial charge in [-0.05, 0) is 5.56 Å². The van der Waals surface area contributed by atoms with Crippen LogP contribution in [0, 0.1) is 0 Å². The lowest BCUT2D eigenvalue weighted by atomic mass is 10.1. The number of rotatable bonds is 6. The van der Waals surface area contributed by atoms with Crippen LogP contribution in [0.3, 0.4) is 0 Å². The molecule has 0 spiro atoms. The number of amides is 1. The smallest absolute Gasteiger partial charge is 0.223 e. The molecule has 0 radical (unpaired) electrons. The van der Waals surface area contributed by atoms with Crippen LogP contribution in [0.25, 0.3) is 6.08 Å². The van der Waals surface area contributed by atoms with E-state index in [0.717, 1.165) is 23.1 Å². The molecule has 0 aromatic heterocycles. The molecule has 0 unspecified atom stereocenters. The second-order valence-corrected chi connectivity index (χ2v) is 4.98. The van der Waals surface area contributed by atoms with Crippen molar-refractivity contribution in [2.45, 2.75) is 13.0 Å².